The van der Waals surface area contributed by atoms with Gasteiger partial charge in [0.25, 0.3) is 0 Å². The molecule has 0 radical (unpaired) electrons. The van der Waals surface area contributed by atoms with Crippen molar-refractivity contribution in [3.8, 4) is 5.75 Å². The highest BCUT2D eigenvalue weighted by Crippen LogP contribution is 2.50. The lowest BCUT2D eigenvalue weighted by Crippen LogP contribution is -2.09. The number of carbonyl (C=O) groups is 1. The Kier molecular flexibility index (Phi) is 3.78. The minimum absolute atomic E-state index is 0.0295. The Balaban J connectivity index is 2.17. The SMILES string of the molecule is CCC(=O)c1cnc(Cl)c2c1Nc1c(OC)cccc1S2. The van der Waals surface area contributed by atoms with Crippen LogP contribution in [0.25, 0.3) is 0 Å². The van der Waals surface area contributed by atoms with Gasteiger partial charge < -0.3 is 10.1 Å². The number of benzene rings is 1. The van der Waals surface area contributed by atoms with E-state index < -0.39 is 0 Å². The third-order valence-corrected chi connectivity index (χ3v) is 4.84. The lowest BCUT2D eigenvalue weighted by Gasteiger charge is -2.24. The first-order chi connectivity index (χ1) is 10.2. The van der Waals surface area contributed by atoms with Crippen molar-refractivity contribution in [2.45, 2.75) is 23.1 Å². The smallest absolute Gasteiger partial charge is 0.166 e. The Labute approximate surface area is 131 Å². The molecular weight excluding hydrogens is 308 g/mol. The molecule has 2 aromatic rings. The molecule has 4 nitrogen and oxygen atoms in total. The summed E-state index contributed by atoms with van der Waals surface area (Å²) in [7, 11) is 1.62. The van der Waals surface area contributed by atoms with Crippen LogP contribution < -0.4 is 10.1 Å². The summed E-state index contributed by atoms with van der Waals surface area (Å²) in [6.07, 6.45) is 1.95. The van der Waals surface area contributed by atoms with Crippen molar-refractivity contribution in [1.29, 1.82) is 0 Å². The molecule has 1 aliphatic rings. The number of hydrogen-bond donors (Lipinski definition) is 1. The van der Waals surface area contributed by atoms with E-state index in [1.165, 1.54) is 18.0 Å². The number of nitrogens with zero attached hydrogens (tertiary/aromatic N) is 1. The van der Waals surface area contributed by atoms with Crippen molar-refractivity contribution in [2.24, 2.45) is 0 Å². The molecule has 1 aromatic carbocycles. The molecule has 0 aliphatic carbocycles. The van der Waals surface area contributed by atoms with Gasteiger partial charge in [-0.1, -0.05) is 36.4 Å². The first kappa shape index (κ1) is 14.2. The van der Waals surface area contributed by atoms with E-state index in [0.29, 0.717) is 22.8 Å². The van der Waals surface area contributed by atoms with E-state index in [-0.39, 0.29) is 5.78 Å². The maximum atomic E-state index is 12.1. The van der Waals surface area contributed by atoms with Crippen LogP contribution in [0.4, 0.5) is 11.4 Å². The molecule has 0 saturated heterocycles. The van der Waals surface area contributed by atoms with Gasteiger partial charge in [-0.05, 0) is 12.1 Å². The number of ether oxygens (including phenoxy) is 1. The van der Waals surface area contributed by atoms with E-state index >= 15 is 0 Å². The van der Waals surface area contributed by atoms with Crippen LogP contribution in [0.3, 0.4) is 0 Å². The molecule has 1 aliphatic heterocycles. The van der Waals surface area contributed by atoms with E-state index in [1.54, 1.807) is 7.11 Å². The Bertz CT molecular complexity index is 734. The molecule has 0 unspecified atom stereocenters. The van der Waals surface area contributed by atoms with Crippen LogP contribution in [0, 0.1) is 0 Å². The van der Waals surface area contributed by atoms with Gasteiger partial charge in [0, 0.05) is 17.5 Å². The van der Waals surface area contributed by atoms with Crippen LogP contribution in [0.2, 0.25) is 5.15 Å². The Hall–Kier alpha value is -1.72. The van der Waals surface area contributed by atoms with E-state index in [4.69, 9.17) is 16.3 Å². The number of fused-ring (bicyclic) bond motifs is 2. The molecule has 0 bridgehead atoms. The van der Waals surface area contributed by atoms with Crippen molar-refractivity contribution in [2.75, 3.05) is 12.4 Å². The number of methoxy groups -OCH3 is 1. The highest BCUT2D eigenvalue weighted by atomic mass is 35.5. The zero-order valence-electron chi connectivity index (χ0n) is 11.6. The summed E-state index contributed by atoms with van der Waals surface area (Å²) >= 11 is 7.68. The van der Waals surface area contributed by atoms with E-state index in [9.17, 15) is 4.79 Å². The molecule has 21 heavy (non-hydrogen) atoms. The van der Waals surface area contributed by atoms with E-state index in [0.717, 1.165) is 21.2 Å². The van der Waals surface area contributed by atoms with Gasteiger partial charge in [0.05, 0.1) is 28.9 Å². The Morgan fingerprint density at radius 3 is 2.95 bits per heavy atom. The Morgan fingerprint density at radius 1 is 1.43 bits per heavy atom. The van der Waals surface area contributed by atoms with Gasteiger partial charge in [-0.3, -0.25) is 4.79 Å². The second kappa shape index (κ2) is 5.58. The number of nitrogens with one attached hydrogen (secondary N) is 1. The average molecular weight is 321 g/mol. The van der Waals surface area contributed by atoms with Crippen LogP contribution in [0.1, 0.15) is 23.7 Å². The molecule has 6 heteroatoms. The number of carbonyl (C=O) groups excluding carboxylic acids is 1. The number of halogens is 1. The molecule has 0 atom stereocenters. The monoisotopic (exact) mass is 320 g/mol. The molecule has 0 fully saturated rings. The maximum absolute atomic E-state index is 12.1. The van der Waals surface area contributed by atoms with E-state index in [1.807, 2.05) is 25.1 Å². The minimum Gasteiger partial charge on any atom is -0.495 e. The quantitative estimate of drug-likeness (QED) is 0.567. The highest BCUT2D eigenvalue weighted by molar-refractivity contribution is 7.99. The van der Waals surface area contributed by atoms with Gasteiger partial charge in [0.2, 0.25) is 0 Å². The summed E-state index contributed by atoms with van der Waals surface area (Å²) in [4.78, 5) is 18.0. The van der Waals surface area contributed by atoms with Gasteiger partial charge in [0.15, 0.2) is 5.78 Å². The van der Waals surface area contributed by atoms with Crippen LogP contribution in [0.15, 0.2) is 34.2 Å². The number of rotatable bonds is 3. The van der Waals surface area contributed by atoms with Crippen LogP contribution >= 0.6 is 23.4 Å². The summed E-state index contributed by atoms with van der Waals surface area (Å²) in [6, 6.07) is 5.77. The molecule has 108 valence electrons. The van der Waals surface area contributed by atoms with Gasteiger partial charge >= 0.3 is 0 Å². The largest absolute Gasteiger partial charge is 0.495 e. The van der Waals surface area contributed by atoms with Gasteiger partial charge in [-0.15, -0.1) is 0 Å². The lowest BCUT2D eigenvalue weighted by molar-refractivity contribution is 0.0988. The van der Waals surface area contributed by atoms with Crippen LogP contribution in [0.5, 0.6) is 5.75 Å². The number of ketones is 1. The standard InChI is InChI=1S/C15H13ClN2O2S/c1-3-9(19)8-7-17-15(16)14-12(8)18-13-10(20-2)5-4-6-11(13)21-14/h4-7,18H,3H2,1-2H3. The third-order valence-electron chi connectivity index (χ3n) is 3.28. The van der Waals surface area contributed by atoms with Crippen molar-refractivity contribution in [3.05, 3.63) is 35.1 Å². The topological polar surface area (TPSA) is 51.2 Å². The number of Topliss-reactive ketones (excluding diaryl/α,β-unsaturated/α-hetero) is 1. The average Bonchev–Trinajstić information content (AvgIpc) is 2.52. The number of para-hydroxylation sites is 1. The van der Waals surface area contributed by atoms with Gasteiger partial charge in [-0.25, -0.2) is 4.98 Å². The third kappa shape index (κ3) is 2.36. The summed E-state index contributed by atoms with van der Waals surface area (Å²) < 4.78 is 5.38. The summed E-state index contributed by atoms with van der Waals surface area (Å²) in [5.41, 5.74) is 2.12. The molecule has 1 aromatic heterocycles. The van der Waals surface area contributed by atoms with Crippen molar-refractivity contribution in [1.82, 2.24) is 4.98 Å². The highest BCUT2D eigenvalue weighted by Gasteiger charge is 2.26. The predicted octanol–water partition coefficient (Wildman–Crippen LogP) is 4.54. The van der Waals surface area contributed by atoms with Gasteiger partial charge in [-0.2, -0.15) is 0 Å². The number of pyridine rings is 1. The minimum atomic E-state index is 0.0295. The maximum Gasteiger partial charge on any atom is 0.166 e. The van der Waals surface area contributed by atoms with Crippen molar-refractivity contribution < 1.29 is 9.53 Å². The second-order valence-electron chi connectivity index (χ2n) is 4.50. The fourth-order valence-electron chi connectivity index (χ4n) is 2.21. The van der Waals surface area contributed by atoms with E-state index in [2.05, 4.69) is 10.3 Å². The first-order valence-corrected chi connectivity index (χ1v) is 7.68. The van der Waals surface area contributed by atoms with Gasteiger partial charge in [0.1, 0.15) is 10.9 Å². The van der Waals surface area contributed by atoms with Crippen LogP contribution in [-0.4, -0.2) is 17.9 Å². The zero-order valence-corrected chi connectivity index (χ0v) is 13.1. The zero-order chi connectivity index (χ0) is 15.0. The molecule has 0 spiro atoms. The Morgan fingerprint density at radius 2 is 2.24 bits per heavy atom. The van der Waals surface area contributed by atoms with Crippen molar-refractivity contribution >= 4 is 40.5 Å². The molecular formula is C15H13ClN2O2S. The number of hydrogen-bond acceptors (Lipinski definition) is 5. The number of anilines is 2. The summed E-state index contributed by atoms with van der Waals surface area (Å²) in [6.45, 7) is 1.83. The van der Waals surface area contributed by atoms with Crippen molar-refractivity contribution in [3.63, 3.8) is 0 Å². The first-order valence-electron chi connectivity index (χ1n) is 6.49. The number of aromatic nitrogens is 1. The lowest BCUT2D eigenvalue weighted by atomic mass is 10.1. The summed E-state index contributed by atoms with van der Waals surface area (Å²) in [5, 5.41) is 3.69. The molecule has 1 N–H and O–H groups in total. The molecule has 3 rings (SSSR count). The molecule has 2 heterocycles. The normalized spacial score (nSPS) is 12.1. The molecule has 0 amide bonds. The fourth-order valence-corrected chi connectivity index (χ4v) is 3.49. The fraction of sp³-hybridized carbons (Fsp3) is 0.200. The second-order valence-corrected chi connectivity index (χ2v) is 5.91. The van der Waals surface area contributed by atoms with Crippen LogP contribution in [-0.2, 0) is 0 Å². The summed E-state index contributed by atoms with van der Waals surface area (Å²) in [5.74, 6) is 0.760. The molecule has 0 saturated carbocycles. The predicted molar refractivity (Wildman–Crippen MR) is 84.3 cm³/mol.